The molecule has 0 radical (unpaired) electrons. The highest BCUT2D eigenvalue weighted by atomic mass is 19.4. The van der Waals surface area contributed by atoms with Crippen molar-refractivity contribution in [2.45, 2.75) is 80.5 Å². The molecule has 6 fully saturated rings. The van der Waals surface area contributed by atoms with E-state index in [0.717, 1.165) is 12.8 Å². The molecule has 5 saturated carbocycles. The number of halogens is 4. The van der Waals surface area contributed by atoms with Crippen molar-refractivity contribution in [3.63, 3.8) is 0 Å². The van der Waals surface area contributed by atoms with E-state index in [0.29, 0.717) is 13.0 Å². The van der Waals surface area contributed by atoms with Crippen LogP contribution in [0.15, 0.2) is 0 Å². The van der Waals surface area contributed by atoms with Crippen molar-refractivity contribution in [3.05, 3.63) is 0 Å². The molecular weight excluding hydrogens is 504 g/mol. The van der Waals surface area contributed by atoms with Gasteiger partial charge >= 0.3 is 18.2 Å². The number of rotatable bonds is 10. The molecule has 4 N–H and O–H groups in total. The first-order chi connectivity index (χ1) is 17.2. The highest BCUT2D eigenvalue weighted by Crippen LogP contribution is 2.63. The zero-order valence-electron chi connectivity index (χ0n) is 19.8. The summed E-state index contributed by atoms with van der Waals surface area (Å²) in [6.45, 7) is -1.02. The minimum atomic E-state index is -5.06. The topological polar surface area (TPSA) is 143 Å². The Kier molecular flexibility index (Phi) is 6.03. The van der Waals surface area contributed by atoms with Gasteiger partial charge in [0.2, 0.25) is 11.8 Å². The number of ketones is 1. The third-order valence-electron chi connectivity index (χ3n) is 8.25. The minimum Gasteiger partial charge on any atom is -0.356 e. The van der Waals surface area contributed by atoms with Crippen LogP contribution in [-0.4, -0.2) is 71.7 Å². The second-order valence-electron chi connectivity index (χ2n) is 11.2. The zero-order valence-corrected chi connectivity index (χ0v) is 19.8. The lowest BCUT2D eigenvalue weighted by molar-refractivity contribution is -0.321. The third-order valence-corrected chi connectivity index (χ3v) is 8.25. The van der Waals surface area contributed by atoms with Crippen LogP contribution >= 0.6 is 0 Å². The van der Waals surface area contributed by atoms with E-state index in [1.54, 1.807) is 0 Å². The Labute approximate surface area is 209 Å². The summed E-state index contributed by atoms with van der Waals surface area (Å²) in [5, 5.41) is 10.0. The Balaban J connectivity index is 1.26. The van der Waals surface area contributed by atoms with Gasteiger partial charge in [-0.15, -0.1) is 13.2 Å². The maximum Gasteiger partial charge on any atom is 0.522 e. The van der Waals surface area contributed by atoms with Crippen LogP contribution in [0.2, 0.25) is 0 Å². The fourth-order valence-electron chi connectivity index (χ4n) is 6.14. The Morgan fingerprint density at radius 1 is 1.05 bits per heavy atom. The van der Waals surface area contributed by atoms with E-state index >= 15 is 0 Å². The summed E-state index contributed by atoms with van der Waals surface area (Å²) >= 11 is 0. The molecule has 1 unspecified atom stereocenters. The molecule has 1 heterocycles. The van der Waals surface area contributed by atoms with Gasteiger partial charge in [0.15, 0.2) is 5.78 Å². The van der Waals surface area contributed by atoms with Gasteiger partial charge in [-0.05, 0) is 43.9 Å². The van der Waals surface area contributed by atoms with Crippen LogP contribution in [0.4, 0.5) is 17.6 Å². The normalized spacial score (nSPS) is 36.4. The van der Waals surface area contributed by atoms with Crippen LogP contribution in [0.25, 0.3) is 0 Å². The van der Waals surface area contributed by atoms with Crippen molar-refractivity contribution in [1.29, 1.82) is 0 Å². The molecule has 204 valence electrons. The molecule has 0 aromatic rings. The second-order valence-corrected chi connectivity index (χ2v) is 11.2. The molecule has 0 spiro atoms. The van der Waals surface area contributed by atoms with Gasteiger partial charge in [0.1, 0.15) is 17.8 Å². The van der Waals surface area contributed by atoms with E-state index in [4.69, 9.17) is 0 Å². The van der Waals surface area contributed by atoms with Crippen LogP contribution < -0.4 is 21.3 Å². The largest absolute Gasteiger partial charge is 0.522 e. The van der Waals surface area contributed by atoms with Gasteiger partial charge in [-0.3, -0.25) is 28.7 Å². The molecule has 2 bridgehead atoms. The van der Waals surface area contributed by atoms with E-state index in [1.807, 2.05) is 0 Å². The average molecular weight is 532 g/mol. The van der Waals surface area contributed by atoms with Crippen LogP contribution in [-0.2, 0) is 28.7 Å². The van der Waals surface area contributed by atoms with E-state index in [2.05, 4.69) is 26.0 Å². The summed E-state index contributed by atoms with van der Waals surface area (Å²) < 4.78 is 54.9. The SMILES string of the molecule is O=C(NC12CC(F)(C1)C2)C(=O)N[C@]1(C(=O)N[C@@H](C[C@@H]2CCNC2=O)C(=O)COC(F)(F)F)CC1C1CC1. The number of ether oxygens (including phenoxy) is 1. The Morgan fingerprint density at radius 3 is 2.24 bits per heavy atom. The second kappa shape index (κ2) is 8.63. The highest BCUT2D eigenvalue weighted by Gasteiger charge is 2.70. The average Bonchev–Trinajstić information content (AvgIpc) is 3.67. The van der Waals surface area contributed by atoms with Crippen LogP contribution in [0.1, 0.15) is 51.4 Å². The molecule has 37 heavy (non-hydrogen) atoms. The monoisotopic (exact) mass is 532 g/mol. The Hall–Kier alpha value is -2.77. The van der Waals surface area contributed by atoms with Crippen molar-refractivity contribution < 1.29 is 46.3 Å². The van der Waals surface area contributed by atoms with Crippen molar-refractivity contribution in [3.8, 4) is 0 Å². The molecule has 14 heteroatoms. The molecule has 6 rings (SSSR count). The zero-order chi connectivity index (χ0) is 26.8. The van der Waals surface area contributed by atoms with Gasteiger partial charge in [-0.1, -0.05) is 0 Å². The van der Waals surface area contributed by atoms with Gasteiger partial charge < -0.3 is 21.3 Å². The molecule has 1 saturated heterocycles. The third kappa shape index (κ3) is 5.16. The lowest BCUT2D eigenvalue weighted by Crippen LogP contribution is -2.77. The lowest BCUT2D eigenvalue weighted by Gasteiger charge is -2.65. The summed E-state index contributed by atoms with van der Waals surface area (Å²) in [7, 11) is 0. The van der Waals surface area contributed by atoms with Crippen LogP contribution in [0.3, 0.4) is 0 Å². The standard InChI is InChI=1S/C23H28F4N4O6/c24-20-8-21(9-20,10-20)30-17(34)18(35)31-22(6-13(22)11-1-2-11)19(36)29-14(5-12-3-4-28-16(12)33)15(32)7-37-23(25,26)27/h11-14H,1-10H2,(H,28,33)(H,29,36)(H,30,34)(H,31,35)/t12-,13?,14-,20?,21?,22+/m0/s1. The predicted octanol–water partition coefficient (Wildman–Crippen LogP) is 0.149. The number of amides is 4. The van der Waals surface area contributed by atoms with E-state index < -0.39 is 65.2 Å². The lowest BCUT2D eigenvalue weighted by atomic mass is 9.47. The summed E-state index contributed by atoms with van der Waals surface area (Å²) in [5.41, 5.74) is -3.53. The van der Waals surface area contributed by atoms with E-state index in [9.17, 15) is 41.5 Å². The molecule has 0 aromatic carbocycles. The first-order valence-electron chi connectivity index (χ1n) is 12.4. The number of Topliss-reactive ketones (excluding diaryl/α,β-unsaturated/α-hetero) is 1. The number of carbonyl (C=O) groups excluding carboxylic acids is 5. The van der Waals surface area contributed by atoms with Crippen molar-refractivity contribution in [1.82, 2.24) is 21.3 Å². The summed E-state index contributed by atoms with van der Waals surface area (Å²) in [6.07, 6.45) is -2.73. The fourth-order valence-corrected chi connectivity index (χ4v) is 6.14. The van der Waals surface area contributed by atoms with Gasteiger partial charge in [0.05, 0.1) is 6.04 Å². The number of hydrogen-bond acceptors (Lipinski definition) is 6. The molecule has 4 atom stereocenters. The maximum absolute atomic E-state index is 13.7. The van der Waals surface area contributed by atoms with Gasteiger partial charge in [0.25, 0.3) is 0 Å². The first kappa shape index (κ1) is 25.9. The maximum atomic E-state index is 13.7. The van der Waals surface area contributed by atoms with Gasteiger partial charge in [0, 0.05) is 37.3 Å². The Morgan fingerprint density at radius 2 is 1.70 bits per heavy atom. The smallest absolute Gasteiger partial charge is 0.356 e. The molecule has 1 aliphatic heterocycles. The first-order valence-corrected chi connectivity index (χ1v) is 12.4. The quantitative estimate of drug-likeness (QED) is 0.233. The molecular formula is C23H28F4N4O6. The fraction of sp³-hybridized carbons (Fsp3) is 0.783. The highest BCUT2D eigenvalue weighted by molar-refractivity contribution is 6.36. The molecule has 5 aliphatic carbocycles. The summed E-state index contributed by atoms with van der Waals surface area (Å²) in [6, 6.07) is -1.46. The van der Waals surface area contributed by atoms with Crippen molar-refractivity contribution >= 4 is 29.4 Å². The number of hydrogen-bond donors (Lipinski definition) is 4. The van der Waals surface area contributed by atoms with Gasteiger partial charge in [-0.2, -0.15) is 0 Å². The van der Waals surface area contributed by atoms with Crippen LogP contribution in [0.5, 0.6) is 0 Å². The molecule has 4 amide bonds. The van der Waals surface area contributed by atoms with Gasteiger partial charge in [-0.25, -0.2) is 4.39 Å². The van der Waals surface area contributed by atoms with Crippen molar-refractivity contribution in [2.24, 2.45) is 17.8 Å². The summed E-state index contributed by atoms with van der Waals surface area (Å²) in [5.74, 6) is -5.19. The Bertz CT molecular complexity index is 1030. The molecule has 0 aromatic heterocycles. The number of nitrogens with one attached hydrogen (secondary N) is 4. The van der Waals surface area contributed by atoms with Crippen molar-refractivity contribution in [2.75, 3.05) is 13.2 Å². The summed E-state index contributed by atoms with van der Waals surface area (Å²) in [4.78, 5) is 63.2. The van der Waals surface area contributed by atoms with E-state index in [1.165, 1.54) is 0 Å². The molecule has 10 nitrogen and oxygen atoms in total. The van der Waals surface area contributed by atoms with E-state index in [-0.39, 0.29) is 49.8 Å². The minimum absolute atomic E-state index is 0.126. The number of alkyl halides is 4. The molecule has 6 aliphatic rings. The van der Waals surface area contributed by atoms with Crippen LogP contribution in [0, 0.1) is 17.8 Å². The predicted molar refractivity (Wildman–Crippen MR) is 115 cm³/mol. The number of carbonyl (C=O) groups is 5.